The number of unbranched alkanes of at least 4 members (excludes halogenated alkanes) is 2. The van der Waals surface area contributed by atoms with Crippen molar-refractivity contribution in [2.45, 2.75) is 95.9 Å². The number of halogens is 1. The maximum Gasteiger partial charge on any atom is 0.312 e. The third-order valence-corrected chi connectivity index (χ3v) is 9.84. The molecule has 0 radical (unpaired) electrons. The van der Waals surface area contributed by atoms with E-state index in [0.717, 1.165) is 18.4 Å². The molecule has 0 saturated carbocycles. The molecule has 3 fully saturated rings. The minimum atomic E-state index is -1.24. The predicted octanol–water partition coefficient (Wildman–Crippen LogP) is 5.63. The summed E-state index contributed by atoms with van der Waals surface area (Å²) in [7, 11) is 0. The fourth-order valence-corrected chi connectivity index (χ4v) is 8.02. The summed E-state index contributed by atoms with van der Waals surface area (Å²) in [6.45, 7) is 15.6. The first kappa shape index (κ1) is 33.2. The highest BCUT2D eigenvalue weighted by Crippen LogP contribution is 2.65. The van der Waals surface area contributed by atoms with Crippen LogP contribution in [0, 0.1) is 24.7 Å². The lowest BCUT2D eigenvalue weighted by Gasteiger charge is -2.40. The van der Waals surface area contributed by atoms with Crippen molar-refractivity contribution in [2.24, 2.45) is 17.8 Å². The number of esters is 1. The molecule has 4 rings (SSSR count). The second-order valence-corrected chi connectivity index (χ2v) is 13.0. The zero-order valence-electron chi connectivity index (χ0n) is 26.0. The molecular weight excluding hydrogens is 568 g/mol. The zero-order chi connectivity index (χ0) is 31.5. The average molecular weight is 615 g/mol. The molecule has 6 atom stereocenters. The number of amides is 2. The van der Waals surface area contributed by atoms with E-state index in [9.17, 15) is 19.5 Å². The van der Waals surface area contributed by atoms with Gasteiger partial charge in [0, 0.05) is 6.54 Å². The van der Waals surface area contributed by atoms with Crippen LogP contribution in [0.15, 0.2) is 43.5 Å². The molecule has 1 N–H and O–H groups in total. The number of aliphatic hydroxyl groups excluding tert-OH is 1. The summed E-state index contributed by atoms with van der Waals surface area (Å²) in [6.07, 6.45) is 7.79. The minimum absolute atomic E-state index is 0.143. The van der Waals surface area contributed by atoms with E-state index in [1.165, 1.54) is 4.90 Å². The molecule has 2 amide bonds. The molecule has 236 valence electrons. The number of anilines is 1. The van der Waals surface area contributed by atoms with Gasteiger partial charge < -0.3 is 24.4 Å². The maximum atomic E-state index is 14.9. The van der Waals surface area contributed by atoms with Gasteiger partial charge in [-0.25, -0.2) is 0 Å². The second kappa shape index (κ2) is 13.5. The van der Waals surface area contributed by atoms with Crippen molar-refractivity contribution in [3.05, 3.63) is 54.1 Å². The van der Waals surface area contributed by atoms with Gasteiger partial charge in [0.2, 0.25) is 5.91 Å². The molecule has 8 nitrogen and oxygen atoms in total. The van der Waals surface area contributed by atoms with Crippen LogP contribution in [0.5, 0.6) is 0 Å². The Morgan fingerprint density at radius 2 is 2.00 bits per heavy atom. The van der Waals surface area contributed by atoms with Crippen LogP contribution in [0.1, 0.15) is 71.3 Å². The summed E-state index contributed by atoms with van der Waals surface area (Å²) in [5.74, 6) is -2.75. The summed E-state index contributed by atoms with van der Waals surface area (Å²) in [5, 5.41) is 11.0. The van der Waals surface area contributed by atoms with E-state index in [-0.39, 0.29) is 37.5 Å². The van der Waals surface area contributed by atoms with Gasteiger partial charge in [0.25, 0.3) is 5.91 Å². The Balaban J connectivity index is 1.82. The molecule has 3 aliphatic rings. The van der Waals surface area contributed by atoms with Crippen LogP contribution in [-0.4, -0.2) is 70.8 Å². The number of rotatable bonds is 15. The van der Waals surface area contributed by atoms with Crippen molar-refractivity contribution in [3.8, 4) is 0 Å². The third kappa shape index (κ3) is 5.78. The Hall–Kier alpha value is -2.68. The van der Waals surface area contributed by atoms with Gasteiger partial charge in [-0.05, 0) is 69.4 Å². The number of likely N-dealkylation sites (tertiary alicyclic amines) is 1. The van der Waals surface area contributed by atoms with Crippen LogP contribution in [-0.2, 0) is 23.9 Å². The number of aliphatic hydroxyl groups is 1. The normalized spacial score (nSPS) is 28.2. The smallest absolute Gasteiger partial charge is 0.312 e. The lowest BCUT2D eigenvalue weighted by Crippen LogP contribution is -2.59. The lowest BCUT2D eigenvalue weighted by molar-refractivity contribution is -0.162. The van der Waals surface area contributed by atoms with Crippen molar-refractivity contribution in [3.63, 3.8) is 0 Å². The molecule has 9 heteroatoms. The van der Waals surface area contributed by atoms with Crippen LogP contribution in [0.25, 0.3) is 0 Å². The number of aryl methyl sites for hydroxylation is 1. The number of hydrogen-bond donors (Lipinski definition) is 1. The van der Waals surface area contributed by atoms with Gasteiger partial charge in [-0.3, -0.25) is 14.4 Å². The number of hydrogen-bond acceptors (Lipinski definition) is 6. The molecule has 1 aromatic rings. The fourth-order valence-electron chi connectivity index (χ4n) is 7.69. The number of para-hydroxylation sites is 1. The quantitative estimate of drug-likeness (QED) is 0.156. The Morgan fingerprint density at radius 3 is 2.60 bits per heavy atom. The van der Waals surface area contributed by atoms with E-state index in [2.05, 4.69) is 13.2 Å². The lowest BCUT2D eigenvalue weighted by atomic mass is 9.65. The van der Waals surface area contributed by atoms with Crippen molar-refractivity contribution in [1.82, 2.24) is 4.90 Å². The van der Waals surface area contributed by atoms with E-state index >= 15 is 0 Å². The number of carbonyl (C=O) groups is 3. The first-order valence-electron chi connectivity index (χ1n) is 15.6. The van der Waals surface area contributed by atoms with Gasteiger partial charge >= 0.3 is 5.97 Å². The first-order valence-corrected chi connectivity index (χ1v) is 16.0. The Labute approximate surface area is 261 Å². The summed E-state index contributed by atoms with van der Waals surface area (Å²) >= 11 is 6.67. The van der Waals surface area contributed by atoms with Gasteiger partial charge in [-0.2, -0.15) is 0 Å². The molecular formula is C34H47ClN2O6. The minimum Gasteiger partial charge on any atom is -0.465 e. The number of nitrogens with zero attached hydrogens (tertiary/aromatic N) is 2. The molecule has 3 saturated heterocycles. The van der Waals surface area contributed by atoms with Gasteiger partial charge in [0.1, 0.15) is 17.6 Å². The monoisotopic (exact) mass is 614 g/mol. The van der Waals surface area contributed by atoms with Gasteiger partial charge in [-0.1, -0.05) is 56.7 Å². The standard InChI is InChI=1S/C34H47ClN2O6/c1-7-10-11-12-19-42-32(41)27-26-30(39)37(24(21-38)20-22(4)5)29(34(26)17-16-33(27,9-3)43-34)31(40)36(18-8-2)28-23(6)14-13-15-25(28)35/h7-8,13-15,22,24,26-27,29,38H,1-2,9-12,16-21H2,3-6H3/t24-,26+,27-,29?,33+,34?/m1/s1. The number of allylic oxidation sites excluding steroid dienone is 1. The maximum absolute atomic E-state index is 14.9. The van der Waals surface area contributed by atoms with Crippen LogP contribution in [0.3, 0.4) is 0 Å². The Bertz CT molecular complexity index is 1210. The summed E-state index contributed by atoms with van der Waals surface area (Å²) < 4.78 is 12.7. The second-order valence-electron chi connectivity index (χ2n) is 12.6. The molecule has 1 spiro atoms. The molecule has 3 aliphatic heterocycles. The largest absolute Gasteiger partial charge is 0.465 e. The molecule has 43 heavy (non-hydrogen) atoms. The van der Waals surface area contributed by atoms with E-state index in [4.69, 9.17) is 21.1 Å². The van der Waals surface area contributed by atoms with Crippen molar-refractivity contribution in [2.75, 3.05) is 24.7 Å². The molecule has 1 aromatic carbocycles. The van der Waals surface area contributed by atoms with E-state index < -0.39 is 41.1 Å². The van der Waals surface area contributed by atoms with E-state index in [1.807, 2.05) is 45.9 Å². The number of ether oxygens (including phenoxy) is 2. The summed E-state index contributed by atoms with van der Waals surface area (Å²) in [5.41, 5.74) is -0.804. The van der Waals surface area contributed by atoms with Crippen molar-refractivity contribution >= 4 is 35.1 Å². The number of benzene rings is 1. The van der Waals surface area contributed by atoms with Gasteiger partial charge in [0.15, 0.2) is 0 Å². The van der Waals surface area contributed by atoms with Crippen LogP contribution >= 0.6 is 11.6 Å². The molecule has 0 aromatic heterocycles. The van der Waals surface area contributed by atoms with Crippen molar-refractivity contribution in [1.29, 1.82) is 0 Å². The first-order chi connectivity index (χ1) is 20.5. The van der Waals surface area contributed by atoms with Crippen LogP contribution in [0.4, 0.5) is 5.69 Å². The fraction of sp³-hybridized carbons (Fsp3) is 0.618. The van der Waals surface area contributed by atoms with Crippen LogP contribution < -0.4 is 4.90 Å². The Morgan fingerprint density at radius 1 is 1.26 bits per heavy atom. The number of fused-ring (bicyclic) bond motifs is 1. The molecule has 0 aliphatic carbocycles. The third-order valence-electron chi connectivity index (χ3n) is 9.54. The van der Waals surface area contributed by atoms with Crippen LogP contribution in [0.2, 0.25) is 5.02 Å². The molecule has 2 bridgehead atoms. The summed E-state index contributed by atoms with van der Waals surface area (Å²) in [6, 6.07) is 3.74. The predicted molar refractivity (Wildman–Crippen MR) is 168 cm³/mol. The van der Waals surface area contributed by atoms with Gasteiger partial charge in [0.05, 0.1) is 41.5 Å². The highest BCUT2D eigenvalue weighted by molar-refractivity contribution is 6.34. The highest BCUT2D eigenvalue weighted by Gasteiger charge is 2.79. The molecule has 2 unspecified atom stereocenters. The zero-order valence-corrected chi connectivity index (χ0v) is 26.8. The van der Waals surface area contributed by atoms with Gasteiger partial charge in [-0.15, -0.1) is 13.2 Å². The molecule has 3 heterocycles. The number of carbonyl (C=O) groups excluding carboxylic acids is 3. The topological polar surface area (TPSA) is 96.4 Å². The summed E-state index contributed by atoms with van der Waals surface area (Å²) in [4.78, 5) is 46.4. The van der Waals surface area contributed by atoms with E-state index in [0.29, 0.717) is 42.8 Å². The average Bonchev–Trinajstić information content (AvgIpc) is 3.58. The highest BCUT2D eigenvalue weighted by atomic mass is 35.5. The van der Waals surface area contributed by atoms with E-state index in [1.54, 1.807) is 17.0 Å². The Kier molecular flexibility index (Phi) is 10.5. The SMILES string of the molecule is C=CCCCCOC(=O)[C@H]1[C@H]2C(=O)N([C@@H](CO)CC(C)C)C(C(=O)N(CC=C)c3c(C)cccc3Cl)C23CC[C@]1(CC)O3. The van der Waals surface area contributed by atoms with Crippen molar-refractivity contribution < 1.29 is 29.0 Å².